The molecule has 1 heterocycles. The number of piperidine rings is 1. The van der Waals surface area contributed by atoms with Crippen LogP contribution in [0.15, 0.2) is 18.2 Å². The third-order valence-electron chi connectivity index (χ3n) is 5.25. The van der Waals surface area contributed by atoms with Gasteiger partial charge in [0, 0.05) is 17.5 Å². The minimum absolute atomic E-state index is 0.00798. The highest BCUT2D eigenvalue weighted by Gasteiger charge is 2.27. The molecule has 0 aromatic heterocycles. The van der Waals surface area contributed by atoms with Crippen LogP contribution < -0.4 is 5.32 Å². The molecule has 1 aromatic carbocycles. The van der Waals surface area contributed by atoms with Gasteiger partial charge in [-0.25, -0.2) is 0 Å². The Balaban J connectivity index is 1.46. The standard InChI is InChI=1S/C19H24Cl2N2O2/c20-16-6-5-14(11-17(16)21)19(25)13-7-9-23(10-8-13)12-18(24)22-15-3-1-2-4-15/h5-6,11,13,15H,1-4,7-10,12H2,(H,22,24). The zero-order chi connectivity index (χ0) is 17.8. The first-order chi connectivity index (χ1) is 12.0. The Hall–Kier alpha value is -1.10. The molecule has 25 heavy (non-hydrogen) atoms. The minimum Gasteiger partial charge on any atom is -0.352 e. The smallest absolute Gasteiger partial charge is 0.234 e. The first kappa shape index (κ1) is 18.7. The Labute approximate surface area is 158 Å². The van der Waals surface area contributed by atoms with E-state index in [9.17, 15) is 9.59 Å². The molecule has 1 amide bonds. The third-order valence-corrected chi connectivity index (χ3v) is 5.99. The van der Waals surface area contributed by atoms with Gasteiger partial charge < -0.3 is 5.32 Å². The summed E-state index contributed by atoms with van der Waals surface area (Å²) in [6.45, 7) is 1.98. The normalized spacial score (nSPS) is 19.9. The van der Waals surface area contributed by atoms with Crippen LogP contribution in [-0.2, 0) is 4.79 Å². The Morgan fingerprint density at radius 1 is 1.04 bits per heavy atom. The van der Waals surface area contributed by atoms with Gasteiger partial charge in [0.2, 0.25) is 5.91 Å². The van der Waals surface area contributed by atoms with Crippen molar-refractivity contribution in [3.8, 4) is 0 Å². The van der Waals surface area contributed by atoms with Gasteiger partial charge in [0.05, 0.1) is 16.6 Å². The summed E-state index contributed by atoms with van der Waals surface area (Å²) < 4.78 is 0. The second-order valence-corrected chi connectivity index (χ2v) is 7.91. The molecule has 1 saturated carbocycles. The number of nitrogens with zero attached hydrogens (tertiary/aromatic N) is 1. The van der Waals surface area contributed by atoms with Gasteiger partial charge in [-0.05, 0) is 57.0 Å². The van der Waals surface area contributed by atoms with Crippen LogP contribution in [0.5, 0.6) is 0 Å². The van der Waals surface area contributed by atoms with Gasteiger partial charge in [-0.1, -0.05) is 36.0 Å². The molecule has 0 bridgehead atoms. The predicted molar refractivity (Wildman–Crippen MR) is 100 cm³/mol. The molecule has 4 nitrogen and oxygen atoms in total. The molecule has 0 unspecified atom stereocenters. The number of nitrogens with one attached hydrogen (secondary N) is 1. The SMILES string of the molecule is O=C(CN1CCC(C(=O)c2ccc(Cl)c(Cl)c2)CC1)NC1CCCC1. The molecule has 2 aliphatic rings. The predicted octanol–water partition coefficient (Wildman–Crippen LogP) is 3.95. The molecule has 0 radical (unpaired) electrons. The van der Waals surface area contributed by atoms with E-state index in [1.54, 1.807) is 18.2 Å². The van der Waals surface area contributed by atoms with Crippen molar-refractivity contribution < 1.29 is 9.59 Å². The van der Waals surface area contributed by atoms with Gasteiger partial charge in [0.1, 0.15) is 0 Å². The maximum atomic E-state index is 12.6. The minimum atomic E-state index is -0.00798. The average Bonchev–Trinajstić information content (AvgIpc) is 3.10. The summed E-state index contributed by atoms with van der Waals surface area (Å²) in [4.78, 5) is 26.9. The van der Waals surface area contributed by atoms with Gasteiger partial charge in [-0.2, -0.15) is 0 Å². The fourth-order valence-electron chi connectivity index (χ4n) is 3.78. The maximum absolute atomic E-state index is 12.6. The number of rotatable bonds is 5. The van der Waals surface area contributed by atoms with Crippen LogP contribution in [-0.4, -0.2) is 42.3 Å². The van der Waals surface area contributed by atoms with Crippen LogP contribution in [0.4, 0.5) is 0 Å². The summed E-state index contributed by atoms with van der Waals surface area (Å²) in [5, 5.41) is 3.99. The van der Waals surface area contributed by atoms with Gasteiger partial charge in [-0.3, -0.25) is 14.5 Å². The van der Waals surface area contributed by atoms with E-state index in [-0.39, 0.29) is 17.6 Å². The number of hydrogen-bond donors (Lipinski definition) is 1. The zero-order valence-corrected chi connectivity index (χ0v) is 15.8. The zero-order valence-electron chi connectivity index (χ0n) is 14.3. The number of benzene rings is 1. The Kier molecular flexibility index (Phi) is 6.37. The lowest BCUT2D eigenvalue weighted by Crippen LogP contribution is -2.44. The van der Waals surface area contributed by atoms with Crippen molar-refractivity contribution in [2.24, 2.45) is 5.92 Å². The van der Waals surface area contributed by atoms with E-state index in [4.69, 9.17) is 23.2 Å². The van der Waals surface area contributed by atoms with Crippen molar-refractivity contribution in [1.29, 1.82) is 0 Å². The molecule has 6 heteroatoms. The molecule has 136 valence electrons. The van der Waals surface area contributed by atoms with Crippen molar-refractivity contribution in [1.82, 2.24) is 10.2 Å². The highest BCUT2D eigenvalue weighted by molar-refractivity contribution is 6.42. The summed E-state index contributed by atoms with van der Waals surface area (Å²) in [5.74, 6) is 0.223. The molecule has 0 atom stereocenters. The third kappa shape index (κ3) is 4.96. The summed E-state index contributed by atoms with van der Waals surface area (Å²) in [6.07, 6.45) is 6.18. The Morgan fingerprint density at radius 3 is 2.36 bits per heavy atom. The van der Waals surface area contributed by atoms with E-state index >= 15 is 0 Å². The van der Waals surface area contributed by atoms with E-state index in [0.29, 0.717) is 28.2 Å². The topological polar surface area (TPSA) is 49.4 Å². The van der Waals surface area contributed by atoms with E-state index in [0.717, 1.165) is 38.8 Å². The lowest BCUT2D eigenvalue weighted by Gasteiger charge is -2.31. The van der Waals surface area contributed by atoms with Crippen LogP contribution in [0, 0.1) is 5.92 Å². The Morgan fingerprint density at radius 2 is 1.72 bits per heavy atom. The molecule has 1 N–H and O–H groups in total. The molecule has 0 spiro atoms. The van der Waals surface area contributed by atoms with E-state index in [2.05, 4.69) is 10.2 Å². The van der Waals surface area contributed by atoms with Gasteiger partial charge >= 0.3 is 0 Å². The van der Waals surface area contributed by atoms with Gasteiger partial charge in [0.15, 0.2) is 5.78 Å². The highest BCUT2D eigenvalue weighted by atomic mass is 35.5. The molecular formula is C19H24Cl2N2O2. The van der Waals surface area contributed by atoms with E-state index in [1.807, 2.05) is 0 Å². The average molecular weight is 383 g/mol. The van der Waals surface area contributed by atoms with Crippen LogP contribution in [0.2, 0.25) is 10.0 Å². The second kappa shape index (κ2) is 8.52. The molecule has 1 saturated heterocycles. The van der Waals surface area contributed by atoms with Crippen LogP contribution >= 0.6 is 23.2 Å². The highest BCUT2D eigenvalue weighted by Crippen LogP contribution is 2.27. The largest absolute Gasteiger partial charge is 0.352 e. The summed E-state index contributed by atoms with van der Waals surface area (Å²) in [7, 11) is 0. The number of hydrogen-bond acceptors (Lipinski definition) is 3. The number of likely N-dealkylation sites (tertiary alicyclic amines) is 1. The number of halogens is 2. The second-order valence-electron chi connectivity index (χ2n) is 7.09. The van der Waals surface area contributed by atoms with Crippen molar-refractivity contribution >= 4 is 34.9 Å². The lowest BCUT2D eigenvalue weighted by molar-refractivity contribution is -0.123. The first-order valence-corrected chi connectivity index (χ1v) is 9.79. The molecule has 1 aromatic rings. The monoisotopic (exact) mass is 382 g/mol. The Bertz CT molecular complexity index is 636. The quantitative estimate of drug-likeness (QED) is 0.784. The first-order valence-electron chi connectivity index (χ1n) is 9.04. The number of carbonyl (C=O) groups excluding carboxylic acids is 2. The molecule has 2 fully saturated rings. The van der Waals surface area contributed by atoms with Crippen LogP contribution in [0.25, 0.3) is 0 Å². The van der Waals surface area contributed by atoms with Crippen LogP contribution in [0.1, 0.15) is 48.9 Å². The number of amides is 1. The van der Waals surface area contributed by atoms with Crippen LogP contribution in [0.3, 0.4) is 0 Å². The molecule has 1 aliphatic carbocycles. The van der Waals surface area contributed by atoms with Gasteiger partial charge in [-0.15, -0.1) is 0 Å². The van der Waals surface area contributed by atoms with Crippen molar-refractivity contribution in [2.75, 3.05) is 19.6 Å². The van der Waals surface area contributed by atoms with Crippen molar-refractivity contribution in [3.63, 3.8) is 0 Å². The molecular weight excluding hydrogens is 359 g/mol. The summed E-state index contributed by atoms with van der Waals surface area (Å²) >= 11 is 11.9. The summed E-state index contributed by atoms with van der Waals surface area (Å²) in [6, 6.07) is 5.41. The number of Topliss-reactive ketones (excluding diaryl/α,β-unsaturated/α-hetero) is 1. The van der Waals surface area contributed by atoms with Gasteiger partial charge in [0.25, 0.3) is 0 Å². The van der Waals surface area contributed by atoms with Crippen molar-refractivity contribution in [3.05, 3.63) is 33.8 Å². The van der Waals surface area contributed by atoms with E-state index in [1.165, 1.54) is 12.8 Å². The molecule has 3 rings (SSSR count). The summed E-state index contributed by atoms with van der Waals surface area (Å²) in [5.41, 5.74) is 0.617. The molecule has 1 aliphatic heterocycles. The fourth-order valence-corrected chi connectivity index (χ4v) is 4.08. The van der Waals surface area contributed by atoms with E-state index < -0.39 is 0 Å². The lowest BCUT2D eigenvalue weighted by atomic mass is 9.89. The fraction of sp³-hybridized carbons (Fsp3) is 0.579. The maximum Gasteiger partial charge on any atom is 0.234 e. The van der Waals surface area contributed by atoms with Crippen molar-refractivity contribution in [2.45, 2.75) is 44.6 Å². The number of carbonyl (C=O) groups is 2. The number of ketones is 1.